The summed E-state index contributed by atoms with van der Waals surface area (Å²) in [4.78, 5) is 45.6. The van der Waals surface area contributed by atoms with E-state index >= 15 is 0 Å². The van der Waals surface area contributed by atoms with E-state index in [-0.39, 0.29) is 24.0 Å². The third kappa shape index (κ3) is 2.19. The zero-order valence-corrected chi connectivity index (χ0v) is 16.9. The number of hydrogen-bond donors (Lipinski definition) is 1. The van der Waals surface area contributed by atoms with Gasteiger partial charge in [0.25, 0.3) is 0 Å². The monoisotopic (exact) mass is 425 g/mol. The van der Waals surface area contributed by atoms with Gasteiger partial charge in [0, 0.05) is 23.9 Å². The van der Waals surface area contributed by atoms with Crippen molar-refractivity contribution in [3.05, 3.63) is 47.9 Å². The van der Waals surface area contributed by atoms with E-state index in [1.165, 1.54) is 11.3 Å². The van der Waals surface area contributed by atoms with E-state index in [0.29, 0.717) is 10.9 Å². The molecule has 154 valence electrons. The smallest absolute Gasteiger partial charge is 0.233 e. The molecule has 1 N–H and O–H groups in total. The van der Waals surface area contributed by atoms with E-state index < -0.39 is 41.5 Å². The van der Waals surface area contributed by atoms with Crippen LogP contribution in [0.15, 0.2) is 46.5 Å². The van der Waals surface area contributed by atoms with Crippen LogP contribution in [0.4, 0.5) is 5.13 Å². The van der Waals surface area contributed by atoms with Gasteiger partial charge in [0.1, 0.15) is 17.1 Å². The minimum atomic E-state index is -0.979. The standard InChI is InChI=1S/C21H19N3O5S/c1-10-12(25)9-11(13-3-2-7-28-13)24-17(10)21-5-4-14(29-21)15(16(21)19(24)27)18(26)23-20-22-6-8-30-20/h2-8,10-11,14-17H,9H2,1H3,(H,22,23,26)/t10-,11+,14+,15+,16-,17+,21-/m0/s1. The Morgan fingerprint density at radius 2 is 2.27 bits per heavy atom. The molecule has 2 bridgehead atoms. The second-order valence-electron chi connectivity index (χ2n) is 8.31. The number of thiazole rings is 1. The summed E-state index contributed by atoms with van der Waals surface area (Å²) in [5, 5.41) is 5.08. The second-order valence-corrected chi connectivity index (χ2v) is 9.20. The summed E-state index contributed by atoms with van der Waals surface area (Å²) in [6.07, 6.45) is 6.61. The average Bonchev–Trinajstić information content (AvgIpc) is 3.52. The highest BCUT2D eigenvalue weighted by Crippen LogP contribution is 2.59. The summed E-state index contributed by atoms with van der Waals surface area (Å²) in [6.45, 7) is 1.84. The van der Waals surface area contributed by atoms with Crippen molar-refractivity contribution in [3.63, 3.8) is 0 Å². The normalized spacial score (nSPS) is 38.8. The third-order valence-electron chi connectivity index (χ3n) is 6.92. The van der Waals surface area contributed by atoms with E-state index in [9.17, 15) is 14.4 Å². The quantitative estimate of drug-likeness (QED) is 0.757. The van der Waals surface area contributed by atoms with Crippen molar-refractivity contribution in [2.24, 2.45) is 17.8 Å². The first-order valence-electron chi connectivity index (χ1n) is 9.97. The van der Waals surface area contributed by atoms with Crippen LogP contribution < -0.4 is 5.32 Å². The molecular weight excluding hydrogens is 406 g/mol. The van der Waals surface area contributed by atoms with Gasteiger partial charge in [-0.2, -0.15) is 0 Å². The zero-order valence-electron chi connectivity index (χ0n) is 16.1. The molecule has 3 saturated heterocycles. The second kappa shape index (κ2) is 6.12. The minimum absolute atomic E-state index is 0.0663. The number of hydrogen-bond acceptors (Lipinski definition) is 7. The first kappa shape index (κ1) is 18.0. The Morgan fingerprint density at radius 3 is 3.00 bits per heavy atom. The summed E-state index contributed by atoms with van der Waals surface area (Å²) in [6, 6.07) is 2.58. The maximum atomic E-state index is 13.7. The molecule has 1 spiro atoms. The van der Waals surface area contributed by atoms with Crippen molar-refractivity contribution in [2.75, 3.05) is 5.32 Å². The van der Waals surface area contributed by atoms with Crippen LogP contribution >= 0.6 is 11.3 Å². The van der Waals surface area contributed by atoms with E-state index in [4.69, 9.17) is 9.15 Å². The molecule has 2 aromatic heterocycles. The topological polar surface area (TPSA) is 102 Å². The van der Waals surface area contributed by atoms with Crippen LogP contribution in [0.2, 0.25) is 0 Å². The lowest BCUT2D eigenvalue weighted by Gasteiger charge is -2.43. The van der Waals surface area contributed by atoms with Crippen LogP contribution in [0.5, 0.6) is 0 Å². The van der Waals surface area contributed by atoms with Gasteiger partial charge in [-0.15, -0.1) is 11.3 Å². The lowest BCUT2D eigenvalue weighted by atomic mass is 9.70. The number of Topliss-reactive ketones (excluding diaryl/α,β-unsaturated/α-hetero) is 1. The predicted octanol–water partition coefficient (Wildman–Crippen LogP) is 2.18. The molecule has 0 radical (unpaired) electrons. The Kier molecular flexibility index (Phi) is 3.67. The van der Waals surface area contributed by atoms with Gasteiger partial charge in [-0.05, 0) is 12.1 Å². The number of anilines is 1. The molecule has 30 heavy (non-hydrogen) atoms. The molecule has 2 amide bonds. The average molecular weight is 425 g/mol. The van der Waals surface area contributed by atoms with Crippen LogP contribution in [0, 0.1) is 17.8 Å². The van der Waals surface area contributed by atoms with E-state index in [1.807, 2.05) is 19.1 Å². The number of carbonyl (C=O) groups is 3. The molecule has 4 aliphatic rings. The maximum Gasteiger partial charge on any atom is 0.233 e. The number of nitrogens with one attached hydrogen (secondary N) is 1. The number of aromatic nitrogens is 1. The molecule has 0 unspecified atom stereocenters. The molecular formula is C21H19N3O5S. The fourth-order valence-electron chi connectivity index (χ4n) is 5.74. The first-order valence-corrected chi connectivity index (χ1v) is 10.8. The fraction of sp³-hybridized carbons (Fsp3) is 0.429. The highest BCUT2D eigenvalue weighted by molar-refractivity contribution is 7.13. The molecule has 6 heterocycles. The van der Waals surface area contributed by atoms with Crippen molar-refractivity contribution in [3.8, 4) is 0 Å². The van der Waals surface area contributed by atoms with Gasteiger partial charge in [0.2, 0.25) is 11.8 Å². The van der Waals surface area contributed by atoms with Gasteiger partial charge in [-0.3, -0.25) is 14.4 Å². The summed E-state index contributed by atoms with van der Waals surface area (Å²) < 4.78 is 11.9. The molecule has 6 rings (SSSR count). The van der Waals surface area contributed by atoms with Crippen molar-refractivity contribution >= 4 is 34.1 Å². The number of rotatable bonds is 3. The molecule has 7 atom stereocenters. The number of piperidine rings is 1. The molecule has 0 saturated carbocycles. The van der Waals surface area contributed by atoms with E-state index in [1.54, 1.807) is 34.9 Å². The lowest BCUT2D eigenvalue weighted by Crippen LogP contribution is -2.55. The Morgan fingerprint density at radius 1 is 1.40 bits per heavy atom. The molecule has 8 nitrogen and oxygen atoms in total. The van der Waals surface area contributed by atoms with Gasteiger partial charge in [0.15, 0.2) is 5.13 Å². The zero-order chi connectivity index (χ0) is 20.6. The third-order valence-corrected chi connectivity index (χ3v) is 7.61. The highest BCUT2D eigenvalue weighted by Gasteiger charge is 2.74. The van der Waals surface area contributed by atoms with Crippen LogP contribution in [0.25, 0.3) is 0 Å². The Bertz CT molecular complexity index is 1060. The summed E-state index contributed by atoms with van der Waals surface area (Å²) in [5.74, 6) is -1.54. The Hall–Kier alpha value is -2.78. The minimum Gasteiger partial charge on any atom is -0.467 e. The van der Waals surface area contributed by atoms with E-state index in [0.717, 1.165) is 0 Å². The van der Waals surface area contributed by atoms with Crippen LogP contribution in [-0.4, -0.2) is 45.2 Å². The van der Waals surface area contributed by atoms with Gasteiger partial charge < -0.3 is 19.4 Å². The molecule has 0 aliphatic carbocycles. The molecule has 9 heteroatoms. The Labute approximate surface area is 175 Å². The number of amides is 2. The number of ether oxygens (including phenoxy) is 1. The van der Waals surface area contributed by atoms with Crippen molar-refractivity contribution in [1.29, 1.82) is 0 Å². The summed E-state index contributed by atoms with van der Waals surface area (Å²) >= 11 is 1.32. The lowest BCUT2D eigenvalue weighted by molar-refractivity contribution is -0.147. The van der Waals surface area contributed by atoms with Crippen molar-refractivity contribution < 1.29 is 23.5 Å². The summed E-state index contributed by atoms with van der Waals surface area (Å²) in [7, 11) is 0. The van der Waals surface area contributed by atoms with Gasteiger partial charge in [-0.25, -0.2) is 4.98 Å². The van der Waals surface area contributed by atoms with Crippen molar-refractivity contribution in [2.45, 2.75) is 37.1 Å². The molecule has 0 aromatic carbocycles. The largest absolute Gasteiger partial charge is 0.467 e. The first-order chi connectivity index (χ1) is 14.5. The Balaban J connectivity index is 1.41. The van der Waals surface area contributed by atoms with Gasteiger partial charge in [-0.1, -0.05) is 19.1 Å². The summed E-state index contributed by atoms with van der Waals surface area (Å²) in [5.41, 5.74) is -0.979. The highest BCUT2D eigenvalue weighted by atomic mass is 32.1. The van der Waals surface area contributed by atoms with Crippen LogP contribution in [0.1, 0.15) is 25.1 Å². The van der Waals surface area contributed by atoms with Crippen LogP contribution in [-0.2, 0) is 19.1 Å². The number of fused-ring (bicyclic) bond motifs is 2. The molecule has 4 aliphatic heterocycles. The number of nitrogens with zero attached hydrogens (tertiary/aromatic N) is 2. The van der Waals surface area contributed by atoms with Crippen LogP contribution in [0.3, 0.4) is 0 Å². The van der Waals surface area contributed by atoms with Crippen molar-refractivity contribution in [1.82, 2.24) is 9.88 Å². The predicted molar refractivity (Wildman–Crippen MR) is 105 cm³/mol. The van der Waals surface area contributed by atoms with E-state index in [2.05, 4.69) is 10.3 Å². The number of ketones is 1. The molecule has 2 aromatic rings. The fourth-order valence-corrected chi connectivity index (χ4v) is 6.27. The SMILES string of the molecule is C[C@H]1C(=O)C[C@H](c2ccco2)N2C(=O)[C@@H]3[C@H](C(=O)Nc4nccs4)[C@H]4C=C[C@@]3(O4)[C@@H]12. The molecule has 3 fully saturated rings. The number of carbonyl (C=O) groups excluding carboxylic acids is 3. The maximum absolute atomic E-state index is 13.7. The van der Waals surface area contributed by atoms with Gasteiger partial charge >= 0.3 is 0 Å². The van der Waals surface area contributed by atoms with Gasteiger partial charge in [0.05, 0.1) is 36.3 Å². The number of furan rings is 1.